The Morgan fingerprint density at radius 1 is 1.22 bits per heavy atom. The summed E-state index contributed by atoms with van der Waals surface area (Å²) in [5.74, 6) is -1.13. The van der Waals surface area contributed by atoms with Crippen molar-refractivity contribution in [2.24, 2.45) is 11.7 Å². The minimum atomic E-state index is -0.687. The number of hydrogen-bond acceptors (Lipinski definition) is 3. The molecule has 0 saturated carbocycles. The number of carbonyl (C=O) groups is 3. The standard InChI is InChI=1S/C17H23N3O3/c1-4-11(2)15(16(18)22)20-14(21)10-7-12-5-8-13(9-6-12)17(23)19-3/h5-11,15H,4H2,1-3H3,(H2,18,22)(H,19,23)(H,20,21). The van der Waals surface area contributed by atoms with Gasteiger partial charge in [0, 0.05) is 18.7 Å². The van der Waals surface area contributed by atoms with Crippen LogP contribution in [0.25, 0.3) is 6.08 Å². The lowest BCUT2D eigenvalue weighted by Crippen LogP contribution is -2.47. The molecule has 0 fully saturated rings. The van der Waals surface area contributed by atoms with Crippen molar-refractivity contribution < 1.29 is 14.4 Å². The third kappa shape index (κ3) is 5.58. The van der Waals surface area contributed by atoms with E-state index >= 15 is 0 Å². The lowest BCUT2D eigenvalue weighted by molar-refractivity contribution is -0.126. The third-order valence-electron chi connectivity index (χ3n) is 3.64. The highest BCUT2D eigenvalue weighted by molar-refractivity contribution is 5.96. The summed E-state index contributed by atoms with van der Waals surface area (Å²) >= 11 is 0. The van der Waals surface area contributed by atoms with Crippen LogP contribution >= 0.6 is 0 Å². The van der Waals surface area contributed by atoms with Crippen LogP contribution in [-0.2, 0) is 9.59 Å². The average Bonchev–Trinajstić information content (AvgIpc) is 2.56. The summed E-state index contributed by atoms with van der Waals surface area (Å²) in [6.07, 6.45) is 3.68. The Morgan fingerprint density at radius 2 is 1.83 bits per heavy atom. The van der Waals surface area contributed by atoms with Gasteiger partial charge in [0.25, 0.3) is 5.91 Å². The van der Waals surface area contributed by atoms with Crippen molar-refractivity contribution in [3.05, 3.63) is 41.5 Å². The molecule has 0 bridgehead atoms. The Labute approximate surface area is 136 Å². The second kappa shape index (κ2) is 8.73. The van der Waals surface area contributed by atoms with E-state index < -0.39 is 11.9 Å². The van der Waals surface area contributed by atoms with Crippen molar-refractivity contribution in [2.75, 3.05) is 7.05 Å². The second-order valence-corrected chi connectivity index (χ2v) is 5.31. The van der Waals surface area contributed by atoms with Crippen molar-refractivity contribution in [2.45, 2.75) is 26.3 Å². The van der Waals surface area contributed by atoms with Gasteiger partial charge in [-0.25, -0.2) is 0 Å². The molecule has 4 N–H and O–H groups in total. The molecule has 0 aromatic heterocycles. The summed E-state index contributed by atoms with van der Waals surface area (Å²) in [6, 6.07) is 6.11. The second-order valence-electron chi connectivity index (χ2n) is 5.31. The third-order valence-corrected chi connectivity index (χ3v) is 3.64. The smallest absolute Gasteiger partial charge is 0.251 e. The zero-order valence-corrected chi connectivity index (χ0v) is 13.6. The molecule has 0 aliphatic heterocycles. The normalized spacial score (nSPS) is 13.3. The molecule has 0 radical (unpaired) electrons. The zero-order chi connectivity index (χ0) is 17.4. The topological polar surface area (TPSA) is 101 Å². The maximum Gasteiger partial charge on any atom is 0.251 e. The van der Waals surface area contributed by atoms with Crippen LogP contribution in [-0.4, -0.2) is 30.8 Å². The fourth-order valence-corrected chi connectivity index (χ4v) is 1.99. The van der Waals surface area contributed by atoms with Crippen molar-refractivity contribution >= 4 is 23.8 Å². The van der Waals surface area contributed by atoms with E-state index in [-0.39, 0.29) is 17.7 Å². The number of nitrogens with two attached hydrogens (primary N) is 1. The van der Waals surface area contributed by atoms with Gasteiger partial charge in [-0.1, -0.05) is 32.4 Å². The van der Waals surface area contributed by atoms with E-state index in [9.17, 15) is 14.4 Å². The van der Waals surface area contributed by atoms with E-state index in [0.29, 0.717) is 5.56 Å². The van der Waals surface area contributed by atoms with Gasteiger partial charge in [-0.3, -0.25) is 14.4 Å². The van der Waals surface area contributed by atoms with Gasteiger partial charge in [-0.2, -0.15) is 0 Å². The van der Waals surface area contributed by atoms with Crippen LogP contribution in [0.5, 0.6) is 0 Å². The highest BCUT2D eigenvalue weighted by Crippen LogP contribution is 2.08. The minimum absolute atomic E-state index is 0.0308. The Morgan fingerprint density at radius 3 is 2.30 bits per heavy atom. The Kier molecular flexibility index (Phi) is 6.99. The molecule has 124 valence electrons. The molecule has 0 saturated heterocycles. The van der Waals surface area contributed by atoms with Gasteiger partial charge in [-0.15, -0.1) is 0 Å². The molecule has 1 aromatic carbocycles. The fraction of sp³-hybridized carbons (Fsp3) is 0.353. The molecule has 6 nitrogen and oxygen atoms in total. The van der Waals surface area contributed by atoms with Crippen LogP contribution in [0.1, 0.15) is 36.2 Å². The average molecular weight is 317 g/mol. The Bertz CT molecular complexity index is 594. The lowest BCUT2D eigenvalue weighted by Gasteiger charge is -2.20. The lowest BCUT2D eigenvalue weighted by atomic mass is 9.98. The molecular weight excluding hydrogens is 294 g/mol. The first-order chi connectivity index (χ1) is 10.9. The SMILES string of the molecule is CCC(C)C(NC(=O)C=Cc1ccc(C(=O)NC)cc1)C(N)=O. The maximum atomic E-state index is 11.9. The Hall–Kier alpha value is -2.63. The summed E-state index contributed by atoms with van der Waals surface area (Å²) in [4.78, 5) is 34.7. The van der Waals surface area contributed by atoms with Gasteiger partial charge in [-0.05, 0) is 29.7 Å². The molecule has 0 aliphatic carbocycles. The fourth-order valence-electron chi connectivity index (χ4n) is 1.99. The predicted molar refractivity (Wildman–Crippen MR) is 89.4 cm³/mol. The van der Waals surface area contributed by atoms with Gasteiger partial charge in [0.2, 0.25) is 11.8 Å². The molecule has 1 aromatic rings. The van der Waals surface area contributed by atoms with E-state index in [1.165, 1.54) is 6.08 Å². The first kappa shape index (κ1) is 18.4. The molecule has 23 heavy (non-hydrogen) atoms. The first-order valence-corrected chi connectivity index (χ1v) is 7.49. The number of carbonyl (C=O) groups excluding carboxylic acids is 3. The number of benzene rings is 1. The van der Waals surface area contributed by atoms with E-state index in [0.717, 1.165) is 12.0 Å². The predicted octanol–water partition coefficient (Wildman–Crippen LogP) is 1.08. The molecule has 2 unspecified atom stereocenters. The van der Waals surface area contributed by atoms with Crippen LogP contribution in [0, 0.1) is 5.92 Å². The van der Waals surface area contributed by atoms with Gasteiger partial charge < -0.3 is 16.4 Å². The molecular formula is C17H23N3O3. The summed E-state index contributed by atoms with van der Waals surface area (Å²) in [5, 5.41) is 5.15. The van der Waals surface area contributed by atoms with E-state index in [1.54, 1.807) is 37.4 Å². The highest BCUT2D eigenvalue weighted by Gasteiger charge is 2.22. The van der Waals surface area contributed by atoms with Crippen LogP contribution < -0.4 is 16.4 Å². The van der Waals surface area contributed by atoms with Crippen molar-refractivity contribution in [3.63, 3.8) is 0 Å². The molecule has 2 atom stereocenters. The summed E-state index contributed by atoms with van der Waals surface area (Å²) < 4.78 is 0. The number of primary amides is 1. The zero-order valence-electron chi connectivity index (χ0n) is 13.6. The minimum Gasteiger partial charge on any atom is -0.368 e. The highest BCUT2D eigenvalue weighted by atomic mass is 16.2. The van der Waals surface area contributed by atoms with Crippen LogP contribution in [0.4, 0.5) is 0 Å². The van der Waals surface area contributed by atoms with Gasteiger partial charge in [0.15, 0.2) is 0 Å². The Balaban J connectivity index is 2.71. The molecule has 0 aliphatic rings. The number of rotatable bonds is 7. The molecule has 0 spiro atoms. The monoisotopic (exact) mass is 317 g/mol. The van der Waals surface area contributed by atoms with Crippen LogP contribution in [0.2, 0.25) is 0 Å². The van der Waals surface area contributed by atoms with Crippen molar-refractivity contribution in [1.29, 1.82) is 0 Å². The van der Waals surface area contributed by atoms with Gasteiger partial charge >= 0.3 is 0 Å². The largest absolute Gasteiger partial charge is 0.368 e. The van der Waals surface area contributed by atoms with Gasteiger partial charge in [0.05, 0.1) is 0 Å². The van der Waals surface area contributed by atoms with E-state index in [4.69, 9.17) is 5.73 Å². The number of hydrogen-bond donors (Lipinski definition) is 3. The van der Waals surface area contributed by atoms with Gasteiger partial charge in [0.1, 0.15) is 6.04 Å². The summed E-state index contributed by atoms with van der Waals surface area (Å²) in [5.41, 5.74) is 6.62. The number of amides is 3. The van der Waals surface area contributed by atoms with E-state index in [2.05, 4.69) is 10.6 Å². The summed E-state index contributed by atoms with van der Waals surface area (Å²) in [7, 11) is 1.56. The molecule has 1 rings (SSSR count). The summed E-state index contributed by atoms with van der Waals surface area (Å²) in [6.45, 7) is 3.79. The maximum absolute atomic E-state index is 11.9. The van der Waals surface area contributed by atoms with Crippen molar-refractivity contribution in [1.82, 2.24) is 10.6 Å². The quantitative estimate of drug-likeness (QED) is 0.656. The first-order valence-electron chi connectivity index (χ1n) is 7.49. The molecule has 6 heteroatoms. The van der Waals surface area contributed by atoms with Crippen LogP contribution in [0.3, 0.4) is 0 Å². The molecule has 0 heterocycles. The van der Waals surface area contributed by atoms with E-state index in [1.807, 2.05) is 13.8 Å². The van der Waals surface area contributed by atoms with Crippen LogP contribution in [0.15, 0.2) is 30.3 Å². The molecule has 3 amide bonds. The number of nitrogens with one attached hydrogen (secondary N) is 2. The van der Waals surface area contributed by atoms with Crippen molar-refractivity contribution in [3.8, 4) is 0 Å².